The number of hydrogen-bond acceptors (Lipinski definition) is 2. The van der Waals surface area contributed by atoms with Gasteiger partial charge in [0.05, 0.1) is 12.1 Å². The number of aromatic nitrogens is 1. The predicted molar refractivity (Wildman–Crippen MR) is 106 cm³/mol. The van der Waals surface area contributed by atoms with Crippen LogP contribution in [0.3, 0.4) is 0 Å². The van der Waals surface area contributed by atoms with Crippen LogP contribution >= 0.6 is 11.8 Å². The number of carboxylic acids is 1. The van der Waals surface area contributed by atoms with Gasteiger partial charge in [0.25, 0.3) is 0 Å². The van der Waals surface area contributed by atoms with Gasteiger partial charge in [0.2, 0.25) is 0 Å². The molecule has 0 aliphatic heterocycles. The molecule has 0 radical (unpaired) electrons. The van der Waals surface area contributed by atoms with E-state index in [1.165, 1.54) is 10.5 Å². The summed E-state index contributed by atoms with van der Waals surface area (Å²) in [5, 5.41) is 10.4. The molecule has 1 atom stereocenters. The Morgan fingerprint density at radius 2 is 1.92 bits per heavy atom. The van der Waals surface area contributed by atoms with Crippen molar-refractivity contribution in [2.75, 3.05) is 6.26 Å². The third kappa shape index (κ3) is 3.59. The lowest BCUT2D eigenvalue weighted by Crippen LogP contribution is -2.01. The SMILES string of the molecule is CCC(C)c1ccc2[nH]c(-c3ccc(SC)cc3)c(CC(=O)O)c2c1. The van der Waals surface area contributed by atoms with Crippen molar-refractivity contribution in [1.29, 1.82) is 0 Å². The van der Waals surface area contributed by atoms with Crippen molar-refractivity contribution in [2.45, 2.75) is 37.5 Å². The van der Waals surface area contributed by atoms with E-state index in [0.717, 1.165) is 34.1 Å². The highest BCUT2D eigenvalue weighted by molar-refractivity contribution is 7.98. The van der Waals surface area contributed by atoms with Crippen LogP contribution in [-0.4, -0.2) is 22.3 Å². The number of H-pyrrole nitrogens is 1. The molecule has 0 aliphatic carbocycles. The van der Waals surface area contributed by atoms with Gasteiger partial charge in [-0.25, -0.2) is 0 Å². The summed E-state index contributed by atoms with van der Waals surface area (Å²) in [5.74, 6) is -0.349. The van der Waals surface area contributed by atoms with E-state index < -0.39 is 5.97 Å². The molecule has 1 aromatic heterocycles. The van der Waals surface area contributed by atoms with Crippen molar-refractivity contribution in [3.8, 4) is 11.3 Å². The molecular formula is C21H23NO2S. The first kappa shape index (κ1) is 17.6. The Morgan fingerprint density at radius 3 is 2.52 bits per heavy atom. The standard InChI is InChI=1S/C21H23NO2S/c1-4-13(2)15-7-10-19-17(11-15)18(12-20(23)24)21(22-19)14-5-8-16(25-3)9-6-14/h5-11,13,22H,4,12H2,1-3H3,(H,23,24). The molecule has 0 aliphatic rings. The maximum Gasteiger partial charge on any atom is 0.307 e. The molecule has 3 nitrogen and oxygen atoms in total. The Morgan fingerprint density at radius 1 is 1.20 bits per heavy atom. The second-order valence-corrected chi connectivity index (χ2v) is 7.27. The fraction of sp³-hybridized carbons (Fsp3) is 0.286. The third-order valence-electron chi connectivity index (χ3n) is 4.82. The van der Waals surface area contributed by atoms with Crippen molar-refractivity contribution in [3.63, 3.8) is 0 Å². The van der Waals surface area contributed by atoms with Crippen molar-refractivity contribution in [1.82, 2.24) is 4.98 Å². The minimum atomic E-state index is -0.808. The number of aliphatic carboxylic acids is 1. The summed E-state index contributed by atoms with van der Waals surface area (Å²) < 4.78 is 0. The second-order valence-electron chi connectivity index (χ2n) is 6.39. The zero-order valence-electron chi connectivity index (χ0n) is 14.8. The largest absolute Gasteiger partial charge is 0.481 e. The minimum Gasteiger partial charge on any atom is -0.481 e. The molecular weight excluding hydrogens is 330 g/mol. The van der Waals surface area contributed by atoms with Crippen LogP contribution in [0.1, 0.15) is 37.3 Å². The molecule has 0 bridgehead atoms. The van der Waals surface area contributed by atoms with E-state index in [1.807, 2.05) is 6.26 Å². The summed E-state index contributed by atoms with van der Waals surface area (Å²) in [6.07, 6.45) is 3.13. The fourth-order valence-corrected chi connectivity index (χ4v) is 3.55. The van der Waals surface area contributed by atoms with Crippen LogP contribution in [0.25, 0.3) is 22.2 Å². The average molecular weight is 353 g/mol. The van der Waals surface area contributed by atoms with E-state index in [1.54, 1.807) is 11.8 Å². The Hall–Kier alpha value is -2.20. The summed E-state index contributed by atoms with van der Waals surface area (Å²) in [7, 11) is 0. The Kier molecular flexibility index (Phi) is 5.19. The molecule has 1 unspecified atom stereocenters. The van der Waals surface area contributed by atoms with Crippen molar-refractivity contribution in [2.24, 2.45) is 0 Å². The Balaban J connectivity index is 2.17. The van der Waals surface area contributed by atoms with Gasteiger partial charge in [0.1, 0.15) is 0 Å². The monoisotopic (exact) mass is 353 g/mol. The van der Waals surface area contributed by atoms with E-state index in [-0.39, 0.29) is 6.42 Å². The minimum absolute atomic E-state index is 0.0174. The lowest BCUT2D eigenvalue weighted by molar-refractivity contribution is -0.136. The summed E-state index contributed by atoms with van der Waals surface area (Å²) in [6.45, 7) is 4.37. The summed E-state index contributed by atoms with van der Waals surface area (Å²) in [6, 6.07) is 14.6. The Labute approximate surface area is 152 Å². The van der Waals surface area contributed by atoms with Gasteiger partial charge in [0, 0.05) is 15.8 Å². The highest BCUT2D eigenvalue weighted by atomic mass is 32.2. The lowest BCUT2D eigenvalue weighted by Gasteiger charge is -2.09. The molecule has 130 valence electrons. The van der Waals surface area contributed by atoms with Gasteiger partial charge in [-0.3, -0.25) is 4.79 Å². The molecule has 3 rings (SSSR count). The van der Waals surface area contributed by atoms with Gasteiger partial charge in [-0.2, -0.15) is 0 Å². The first-order chi connectivity index (χ1) is 12.0. The number of carbonyl (C=O) groups is 1. The first-order valence-corrected chi connectivity index (χ1v) is 9.76. The van der Waals surface area contributed by atoms with Crippen LogP contribution in [0.15, 0.2) is 47.4 Å². The molecule has 2 N–H and O–H groups in total. The zero-order chi connectivity index (χ0) is 18.0. The van der Waals surface area contributed by atoms with Crippen molar-refractivity contribution < 1.29 is 9.90 Å². The van der Waals surface area contributed by atoms with E-state index in [9.17, 15) is 9.90 Å². The molecule has 0 saturated carbocycles. The normalized spacial score (nSPS) is 12.4. The molecule has 0 amide bonds. The molecule has 0 spiro atoms. The van der Waals surface area contributed by atoms with Crippen LogP contribution in [0, 0.1) is 0 Å². The fourth-order valence-electron chi connectivity index (χ4n) is 3.15. The predicted octanol–water partition coefficient (Wildman–Crippen LogP) is 5.70. The summed E-state index contributed by atoms with van der Waals surface area (Å²) in [4.78, 5) is 16.1. The topological polar surface area (TPSA) is 53.1 Å². The Bertz CT molecular complexity index is 896. The van der Waals surface area contributed by atoms with E-state index in [0.29, 0.717) is 5.92 Å². The molecule has 3 aromatic rings. The molecule has 1 heterocycles. The van der Waals surface area contributed by atoms with E-state index in [4.69, 9.17) is 0 Å². The summed E-state index contributed by atoms with van der Waals surface area (Å²) in [5.41, 5.74) is 5.04. The number of rotatable bonds is 6. The molecule has 25 heavy (non-hydrogen) atoms. The number of benzene rings is 2. The van der Waals surface area contributed by atoms with Crippen LogP contribution < -0.4 is 0 Å². The van der Waals surface area contributed by atoms with Crippen molar-refractivity contribution in [3.05, 3.63) is 53.6 Å². The van der Waals surface area contributed by atoms with E-state index >= 15 is 0 Å². The molecule has 0 saturated heterocycles. The highest BCUT2D eigenvalue weighted by Gasteiger charge is 2.17. The van der Waals surface area contributed by atoms with Crippen LogP contribution in [-0.2, 0) is 11.2 Å². The maximum atomic E-state index is 11.5. The van der Waals surface area contributed by atoms with Gasteiger partial charge < -0.3 is 10.1 Å². The number of fused-ring (bicyclic) bond motifs is 1. The van der Waals surface area contributed by atoms with E-state index in [2.05, 4.69) is 61.3 Å². The van der Waals surface area contributed by atoms with Crippen LogP contribution in [0.4, 0.5) is 0 Å². The van der Waals surface area contributed by atoms with Gasteiger partial charge in [-0.05, 0) is 59.6 Å². The average Bonchev–Trinajstić information content (AvgIpc) is 2.98. The smallest absolute Gasteiger partial charge is 0.307 e. The zero-order valence-corrected chi connectivity index (χ0v) is 15.6. The molecule has 0 fully saturated rings. The summed E-state index contributed by atoms with van der Waals surface area (Å²) >= 11 is 1.70. The van der Waals surface area contributed by atoms with Crippen LogP contribution in [0.2, 0.25) is 0 Å². The second kappa shape index (κ2) is 7.36. The molecule has 2 aromatic carbocycles. The maximum absolute atomic E-state index is 11.5. The van der Waals surface area contributed by atoms with Gasteiger partial charge in [-0.15, -0.1) is 11.8 Å². The number of hydrogen-bond donors (Lipinski definition) is 2. The van der Waals surface area contributed by atoms with Gasteiger partial charge in [-0.1, -0.05) is 32.0 Å². The van der Waals surface area contributed by atoms with Gasteiger partial charge in [0.15, 0.2) is 0 Å². The first-order valence-electron chi connectivity index (χ1n) is 8.54. The highest BCUT2D eigenvalue weighted by Crippen LogP contribution is 2.34. The quantitative estimate of drug-likeness (QED) is 0.559. The number of carboxylic acid groups (broad SMARTS) is 1. The van der Waals surface area contributed by atoms with Crippen LogP contribution in [0.5, 0.6) is 0 Å². The third-order valence-corrected chi connectivity index (χ3v) is 5.56. The van der Waals surface area contributed by atoms with Crippen molar-refractivity contribution >= 4 is 28.6 Å². The number of aromatic amines is 1. The lowest BCUT2D eigenvalue weighted by atomic mass is 9.95. The van der Waals surface area contributed by atoms with Gasteiger partial charge >= 0.3 is 5.97 Å². The molecule has 4 heteroatoms. The number of thioether (sulfide) groups is 1. The number of nitrogens with one attached hydrogen (secondary N) is 1.